The van der Waals surface area contributed by atoms with Gasteiger partial charge in [-0.15, -0.1) is 0 Å². The van der Waals surface area contributed by atoms with Crippen molar-refractivity contribution in [2.45, 2.75) is 37.3 Å². The summed E-state index contributed by atoms with van der Waals surface area (Å²) in [4.78, 5) is 23.5. The summed E-state index contributed by atoms with van der Waals surface area (Å²) in [7, 11) is 0. The zero-order valence-corrected chi connectivity index (χ0v) is 15.5. The van der Waals surface area contributed by atoms with Crippen LogP contribution in [0.3, 0.4) is 0 Å². The number of aliphatic carboxylic acids is 1. The molecule has 0 saturated carbocycles. The fourth-order valence-corrected chi connectivity index (χ4v) is 4.17. The number of rotatable bonds is 6. The third kappa shape index (κ3) is 3.73. The number of hydrogen-bond acceptors (Lipinski definition) is 4. The van der Waals surface area contributed by atoms with Crippen molar-refractivity contribution < 1.29 is 24.2 Å². The Hall–Kier alpha value is -2.86. The second kappa shape index (κ2) is 8.02. The van der Waals surface area contributed by atoms with E-state index < -0.39 is 18.1 Å². The molecule has 1 fully saturated rings. The number of amides is 1. The number of carbonyl (C=O) groups excluding carboxylic acids is 1. The third-order valence-corrected chi connectivity index (χ3v) is 5.46. The number of nitrogens with one attached hydrogen (secondary N) is 1. The molecule has 2 atom stereocenters. The summed E-state index contributed by atoms with van der Waals surface area (Å²) < 4.78 is 11.1. The Morgan fingerprint density at radius 2 is 1.75 bits per heavy atom. The SMILES string of the molecule is O=C(O)C[C@H](NC(=O)OCC1c2ccccc2-c2ccccc21)C1CCCO1. The van der Waals surface area contributed by atoms with Gasteiger partial charge in [0.1, 0.15) is 6.61 Å². The summed E-state index contributed by atoms with van der Waals surface area (Å²) >= 11 is 0. The molecule has 1 heterocycles. The highest BCUT2D eigenvalue weighted by Crippen LogP contribution is 2.44. The molecular formula is C22H23NO5. The number of fused-ring (bicyclic) bond motifs is 3. The van der Waals surface area contributed by atoms with Crippen LogP contribution in [0, 0.1) is 0 Å². The number of alkyl carbamates (subject to hydrolysis) is 1. The smallest absolute Gasteiger partial charge is 0.407 e. The lowest BCUT2D eigenvalue weighted by Crippen LogP contribution is -2.45. The van der Waals surface area contributed by atoms with Crippen molar-refractivity contribution in [3.05, 3.63) is 59.7 Å². The van der Waals surface area contributed by atoms with Crippen LogP contribution in [0.15, 0.2) is 48.5 Å². The average Bonchev–Trinajstić information content (AvgIpc) is 3.32. The van der Waals surface area contributed by atoms with Gasteiger partial charge in [-0.3, -0.25) is 4.79 Å². The Labute approximate surface area is 163 Å². The lowest BCUT2D eigenvalue weighted by atomic mass is 9.98. The predicted octanol–water partition coefficient (Wildman–Crippen LogP) is 3.55. The lowest BCUT2D eigenvalue weighted by molar-refractivity contribution is -0.138. The highest BCUT2D eigenvalue weighted by atomic mass is 16.5. The van der Waals surface area contributed by atoms with E-state index >= 15 is 0 Å². The summed E-state index contributed by atoms with van der Waals surface area (Å²) in [6, 6.07) is 15.7. The normalized spacial score (nSPS) is 18.9. The molecule has 28 heavy (non-hydrogen) atoms. The predicted molar refractivity (Wildman–Crippen MR) is 103 cm³/mol. The van der Waals surface area contributed by atoms with Gasteiger partial charge >= 0.3 is 12.1 Å². The standard InChI is InChI=1S/C22H23NO5/c24-21(25)12-19(20-10-5-11-27-20)23-22(26)28-13-18-16-8-3-1-6-14(16)15-7-2-4-9-17(15)18/h1-4,6-9,18-20H,5,10-13H2,(H,23,26)(H,24,25)/t19-,20?/m0/s1. The fourth-order valence-electron chi connectivity index (χ4n) is 4.17. The average molecular weight is 381 g/mol. The summed E-state index contributed by atoms with van der Waals surface area (Å²) in [5.41, 5.74) is 4.60. The number of ether oxygens (including phenoxy) is 2. The van der Waals surface area contributed by atoms with Crippen molar-refractivity contribution in [1.29, 1.82) is 0 Å². The van der Waals surface area contributed by atoms with E-state index in [1.165, 1.54) is 0 Å². The topological polar surface area (TPSA) is 84.9 Å². The zero-order valence-electron chi connectivity index (χ0n) is 15.5. The van der Waals surface area contributed by atoms with Gasteiger partial charge in [0.25, 0.3) is 0 Å². The van der Waals surface area contributed by atoms with Crippen LogP contribution in [-0.4, -0.2) is 42.5 Å². The summed E-state index contributed by atoms with van der Waals surface area (Å²) in [6.45, 7) is 0.790. The van der Waals surface area contributed by atoms with Crippen LogP contribution in [-0.2, 0) is 14.3 Å². The molecule has 1 unspecified atom stereocenters. The van der Waals surface area contributed by atoms with Gasteiger partial charge in [0, 0.05) is 12.5 Å². The van der Waals surface area contributed by atoms with Gasteiger partial charge < -0.3 is 19.9 Å². The third-order valence-electron chi connectivity index (χ3n) is 5.46. The van der Waals surface area contributed by atoms with Crippen LogP contribution >= 0.6 is 0 Å². The summed E-state index contributed by atoms with van der Waals surface area (Å²) in [5.74, 6) is -1.00. The maximum atomic E-state index is 12.4. The van der Waals surface area contributed by atoms with Gasteiger partial charge in [0.2, 0.25) is 0 Å². The molecule has 146 valence electrons. The molecule has 0 radical (unpaired) electrons. The zero-order chi connectivity index (χ0) is 19.5. The molecule has 1 saturated heterocycles. The van der Waals surface area contributed by atoms with E-state index in [0.29, 0.717) is 6.61 Å². The van der Waals surface area contributed by atoms with Gasteiger partial charge in [0.05, 0.1) is 18.6 Å². The van der Waals surface area contributed by atoms with Crippen molar-refractivity contribution in [1.82, 2.24) is 5.32 Å². The van der Waals surface area contributed by atoms with Crippen LogP contribution < -0.4 is 5.32 Å². The number of carboxylic acid groups (broad SMARTS) is 1. The van der Waals surface area contributed by atoms with Crippen molar-refractivity contribution in [2.24, 2.45) is 0 Å². The molecule has 2 aliphatic rings. The van der Waals surface area contributed by atoms with Gasteiger partial charge in [-0.05, 0) is 35.1 Å². The first-order valence-electron chi connectivity index (χ1n) is 9.58. The first-order valence-corrected chi connectivity index (χ1v) is 9.58. The van der Waals surface area contributed by atoms with Crippen LogP contribution in [0.1, 0.15) is 36.3 Å². The number of hydrogen-bond donors (Lipinski definition) is 2. The van der Waals surface area contributed by atoms with Gasteiger partial charge in [-0.2, -0.15) is 0 Å². The molecule has 4 rings (SSSR count). The Kier molecular flexibility index (Phi) is 5.30. The highest BCUT2D eigenvalue weighted by molar-refractivity contribution is 5.79. The maximum absolute atomic E-state index is 12.4. The summed E-state index contributed by atoms with van der Waals surface area (Å²) in [6.07, 6.45) is 0.532. The molecule has 2 N–H and O–H groups in total. The second-order valence-electron chi connectivity index (χ2n) is 7.23. The summed E-state index contributed by atoms with van der Waals surface area (Å²) in [5, 5.41) is 11.8. The molecule has 1 aliphatic heterocycles. The second-order valence-corrected chi connectivity index (χ2v) is 7.23. The minimum Gasteiger partial charge on any atom is -0.481 e. The molecule has 6 heteroatoms. The Balaban J connectivity index is 1.44. The van der Waals surface area contributed by atoms with Crippen molar-refractivity contribution in [2.75, 3.05) is 13.2 Å². The number of carboxylic acids is 1. The van der Waals surface area contributed by atoms with E-state index in [-0.39, 0.29) is 25.0 Å². The van der Waals surface area contributed by atoms with Gasteiger partial charge in [0.15, 0.2) is 0 Å². The molecule has 0 spiro atoms. The van der Waals surface area contributed by atoms with Crippen molar-refractivity contribution >= 4 is 12.1 Å². The Morgan fingerprint density at radius 3 is 2.32 bits per heavy atom. The van der Waals surface area contributed by atoms with Crippen molar-refractivity contribution in [3.63, 3.8) is 0 Å². The van der Waals surface area contributed by atoms with E-state index in [0.717, 1.165) is 35.1 Å². The fraction of sp³-hybridized carbons (Fsp3) is 0.364. The maximum Gasteiger partial charge on any atom is 0.407 e. The van der Waals surface area contributed by atoms with Crippen molar-refractivity contribution in [3.8, 4) is 11.1 Å². The molecule has 6 nitrogen and oxygen atoms in total. The first-order chi connectivity index (χ1) is 13.6. The number of carbonyl (C=O) groups is 2. The van der Waals surface area contributed by atoms with Crippen LogP contribution in [0.4, 0.5) is 4.79 Å². The van der Waals surface area contributed by atoms with E-state index in [9.17, 15) is 9.59 Å². The van der Waals surface area contributed by atoms with Gasteiger partial charge in [-0.1, -0.05) is 48.5 Å². The molecular weight excluding hydrogens is 358 g/mol. The van der Waals surface area contributed by atoms with Gasteiger partial charge in [-0.25, -0.2) is 4.79 Å². The minimum atomic E-state index is -0.973. The Morgan fingerprint density at radius 1 is 1.11 bits per heavy atom. The first kappa shape index (κ1) is 18.5. The van der Waals surface area contributed by atoms with Crippen LogP contribution in [0.2, 0.25) is 0 Å². The molecule has 1 aliphatic carbocycles. The lowest BCUT2D eigenvalue weighted by Gasteiger charge is -2.23. The van der Waals surface area contributed by atoms with E-state index in [4.69, 9.17) is 14.6 Å². The highest BCUT2D eigenvalue weighted by Gasteiger charge is 2.32. The van der Waals surface area contributed by atoms with E-state index in [1.807, 2.05) is 24.3 Å². The molecule has 2 aromatic carbocycles. The molecule has 0 aromatic heterocycles. The van der Waals surface area contributed by atoms with E-state index in [2.05, 4.69) is 29.6 Å². The molecule has 1 amide bonds. The van der Waals surface area contributed by atoms with Crippen LogP contribution in [0.25, 0.3) is 11.1 Å². The van der Waals surface area contributed by atoms with Crippen LogP contribution in [0.5, 0.6) is 0 Å². The van der Waals surface area contributed by atoms with E-state index in [1.54, 1.807) is 0 Å². The minimum absolute atomic E-state index is 0.0289. The monoisotopic (exact) mass is 381 g/mol. The number of benzene rings is 2. The molecule has 0 bridgehead atoms. The molecule has 2 aromatic rings. The quantitative estimate of drug-likeness (QED) is 0.799. The Bertz CT molecular complexity index is 829. The largest absolute Gasteiger partial charge is 0.481 e.